The van der Waals surface area contributed by atoms with Gasteiger partial charge in [-0.2, -0.15) is 0 Å². The average Bonchev–Trinajstić information content (AvgIpc) is 2.83. The van der Waals surface area contributed by atoms with Gasteiger partial charge in [-0.1, -0.05) is 24.3 Å². The molecule has 0 spiro atoms. The highest BCUT2D eigenvalue weighted by Crippen LogP contribution is 2.20. The van der Waals surface area contributed by atoms with Crippen LogP contribution in [0.15, 0.2) is 48.6 Å². The number of methoxy groups -OCH3 is 1. The van der Waals surface area contributed by atoms with Crippen molar-refractivity contribution in [3.05, 3.63) is 48.6 Å². The minimum atomic E-state index is 0.406. The molecule has 0 saturated carbocycles. The summed E-state index contributed by atoms with van der Waals surface area (Å²) in [5, 5.41) is 3.48. The summed E-state index contributed by atoms with van der Waals surface area (Å²) < 4.78 is 5.12. The zero-order valence-electron chi connectivity index (χ0n) is 9.68. The zero-order valence-corrected chi connectivity index (χ0v) is 9.68. The predicted molar refractivity (Wildman–Crippen MR) is 67.8 cm³/mol. The van der Waals surface area contributed by atoms with Gasteiger partial charge in [0.25, 0.3) is 0 Å². The summed E-state index contributed by atoms with van der Waals surface area (Å²) in [5.74, 6) is 1.38. The molecule has 0 aliphatic heterocycles. The predicted octanol–water partition coefficient (Wildman–Crippen LogP) is 3.24. The third kappa shape index (κ3) is 2.45. The molecule has 1 unspecified atom stereocenters. The number of allylic oxidation sites excluding steroid dienone is 2. The molecule has 0 bridgehead atoms. The molecule has 1 atom stereocenters. The van der Waals surface area contributed by atoms with E-state index in [1.54, 1.807) is 7.11 Å². The van der Waals surface area contributed by atoms with E-state index in [1.165, 1.54) is 0 Å². The van der Waals surface area contributed by atoms with Crippen LogP contribution in [0, 0.1) is 5.92 Å². The van der Waals surface area contributed by atoms with Crippen molar-refractivity contribution < 1.29 is 4.74 Å². The minimum absolute atomic E-state index is 0.406. The molecule has 0 heterocycles. The molecule has 0 fully saturated rings. The largest absolute Gasteiger partial charge is 0.497 e. The molecule has 1 aliphatic carbocycles. The van der Waals surface area contributed by atoms with Crippen molar-refractivity contribution in [3.8, 4) is 5.75 Å². The minimum Gasteiger partial charge on any atom is -0.497 e. The van der Waals surface area contributed by atoms with Crippen LogP contribution in [0.4, 0.5) is 5.69 Å². The van der Waals surface area contributed by atoms with Crippen LogP contribution in [-0.2, 0) is 0 Å². The Morgan fingerprint density at radius 1 is 1.12 bits per heavy atom. The first-order valence-corrected chi connectivity index (χ1v) is 5.55. The first-order chi connectivity index (χ1) is 7.79. The highest BCUT2D eigenvalue weighted by Gasteiger charge is 2.12. The van der Waals surface area contributed by atoms with Crippen molar-refractivity contribution in [2.75, 3.05) is 12.4 Å². The van der Waals surface area contributed by atoms with E-state index < -0.39 is 0 Å². The second-order valence-corrected chi connectivity index (χ2v) is 4.01. The number of ether oxygens (including phenoxy) is 1. The van der Waals surface area contributed by atoms with Crippen molar-refractivity contribution in [1.29, 1.82) is 0 Å². The second kappa shape index (κ2) is 4.88. The lowest BCUT2D eigenvalue weighted by Crippen LogP contribution is -2.22. The maximum atomic E-state index is 5.12. The molecule has 2 nitrogen and oxygen atoms in total. The van der Waals surface area contributed by atoms with Crippen molar-refractivity contribution in [2.45, 2.75) is 13.0 Å². The van der Waals surface area contributed by atoms with Crippen molar-refractivity contribution in [2.24, 2.45) is 5.92 Å². The van der Waals surface area contributed by atoms with Gasteiger partial charge in [0.05, 0.1) is 7.11 Å². The molecule has 0 radical (unpaired) electrons. The van der Waals surface area contributed by atoms with E-state index in [0.717, 1.165) is 11.4 Å². The van der Waals surface area contributed by atoms with Crippen molar-refractivity contribution in [3.63, 3.8) is 0 Å². The number of hydrogen-bond acceptors (Lipinski definition) is 2. The highest BCUT2D eigenvalue weighted by atomic mass is 16.5. The molecule has 16 heavy (non-hydrogen) atoms. The van der Waals surface area contributed by atoms with Crippen LogP contribution < -0.4 is 10.1 Å². The van der Waals surface area contributed by atoms with Crippen LogP contribution in [0.2, 0.25) is 0 Å². The summed E-state index contributed by atoms with van der Waals surface area (Å²) in [7, 11) is 1.68. The van der Waals surface area contributed by atoms with Gasteiger partial charge in [-0.15, -0.1) is 0 Å². The molecular formula is C14H17NO. The standard InChI is InChI=1S/C14H17NO/c1-11(12-5-3-4-6-12)15-13-7-9-14(16-2)10-8-13/h3-12,15H,1-2H3. The zero-order chi connectivity index (χ0) is 11.4. The Bertz CT molecular complexity index is 380. The Kier molecular flexibility index (Phi) is 3.30. The molecule has 84 valence electrons. The molecular weight excluding hydrogens is 198 g/mol. The van der Waals surface area contributed by atoms with Gasteiger partial charge in [0.1, 0.15) is 5.75 Å². The molecule has 1 aromatic carbocycles. The van der Waals surface area contributed by atoms with E-state index in [4.69, 9.17) is 4.74 Å². The molecule has 1 aromatic rings. The first-order valence-electron chi connectivity index (χ1n) is 5.55. The number of nitrogens with one attached hydrogen (secondary N) is 1. The van der Waals surface area contributed by atoms with Gasteiger partial charge >= 0.3 is 0 Å². The lowest BCUT2D eigenvalue weighted by Gasteiger charge is -2.19. The van der Waals surface area contributed by atoms with Gasteiger partial charge in [-0.05, 0) is 31.2 Å². The van der Waals surface area contributed by atoms with E-state index >= 15 is 0 Å². The number of benzene rings is 1. The summed E-state index contributed by atoms with van der Waals surface area (Å²) in [6.45, 7) is 2.19. The maximum Gasteiger partial charge on any atom is 0.119 e. The van der Waals surface area contributed by atoms with Gasteiger partial charge in [-0.3, -0.25) is 0 Å². The van der Waals surface area contributed by atoms with Crippen LogP contribution in [0.5, 0.6) is 5.75 Å². The lowest BCUT2D eigenvalue weighted by molar-refractivity contribution is 0.415. The van der Waals surface area contributed by atoms with Crippen LogP contribution in [0.3, 0.4) is 0 Å². The fourth-order valence-electron chi connectivity index (χ4n) is 1.83. The fraction of sp³-hybridized carbons (Fsp3) is 0.286. The average molecular weight is 215 g/mol. The van der Waals surface area contributed by atoms with Gasteiger partial charge in [0.2, 0.25) is 0 Å². The Hall–Kier alpha value is -1.70. The Morgan fingerprint density at radius 2 is 1.75 bits per heavy atom. The van der Waals surface area contributed by atoms with Gasteiger partial charge in [-0.25, -0.2) is 0 Å². The third-order valence-electron chi connectivity index (χ3n) is 2.84. The molecule has 1 N–H and O–H groups in total. The van der Waals surface area contributed by atoms with Gasteiger partial charge in [0.15, 0.2) is 0 Å². The van der Waals surface area contributed by atoms with Gasteiger partial charge in [0, 0.05) is 17.6 Å². The number of hydrogen-bond donors (Lipinski definition) is 1. The second-order valence-electron chi connectivity index (χ2n) is 4.01. The van der Waals surface area contributed by atoms with Gasteiger partial charge < -0.3 is 10.1 Å². The summed E-state index contributed by atoms with van der Waals surface area (Å²) in [6, 6.07) is 8.42. The van der Waals surface area contributed by atoms with Crippen LogP contribution in [-0.4, -0.2) is 13.2 Å². The molecule has 2 rings (SSSR count). The number of anilines is 1. The normalized spacial score (nSPS) is 16.4. The molecule has 0 amide bonds. The quantitative estimate of drug-likeness (QED) is 0.832. The monoisotopic (exact) mass is 215 g/mol. The first kappa shape index (κ1) is 10.8. The Balaban J connectivity index is 1.97. The van der Waals surface area contributed by atoms with E-state index in [-0.39, 0.29) is 0 Å². The number of rotatable bonds is 4. The lowest BCUT2D eigenvalue weighted by atomic mass is 10.0. The maximum absolute atomic E-state index is 5.12. The van der Waals surface area contributed by atoms with Crippen molar-refractivity contribution >= 4 is 5.69 Å². The smallest absolute Gasteiger partial charge is 0.119 e. The van der Waals surface area contributed by atoms with E-state index in [1.807, 2.05) is 24.3 Å². The molecule has 1 aliphatic rings. The van der Waals surface area contributed by atoms with E-state index in [9.17, 15) is 0 Å². The summed E-state index contributed by atoms with van der Waals surface area (Å²) in [4.78, 5) is 0. The summed E-state index contributed by atoms with van der Waals surface area (Å²) in [6.07, 6.45) is 8.61. The summed E-state index contributed by atoms with van der Waals surface area (Å²) in [5.41, 5.74) is 1.13. The van der Waals surface area contributed by atoms with Crippen LogP contribution in [0.25, 0.3) is 0 Å². The molecule has 0 saturated heterocycles. The van der Waals surface area contributed by atoms with E-state index in [2.05, 4.69) is 36.5 Å². The highest BCUT2D eigenvalue weighted by molar-refractivity contribution is 5.47. The van der Waals surface area contributed by atoms with Crippen molar-refractivity contribution in [1.82, 2.24) is 0 Å². The SMILES string of the molecule is COc1ccc(NC(C)C2C=CC=C2)cc1. The molecule has 0 aromatic heterocycles. The van der Waals surface area contributed by atoms with Crippen LogP contribution >= 0.6 is 0 Å². The Morgan fingerprint density at radius 3 is 2.31 bits per heavy atom. The molecule has 2 heteroatoms. The third-order valence-corrected chi connectivity index (χ3v) is 2.84. The summed E-state index contributed by atoms with van der Waals surface area (Å²) >= 11 is 0. The topological polar surface area (TPSA) is 21.3 Å². The van der Waals surface area contributed by atoms with Crippen LogP contribution in [0.1, 0.15) is 6.92 Å². The van der Waals surface area contributed by atoms with E-state index in [0.29, 0.717) is 12.0 Å². The fourth-order valence-corrected chi connectivity index (χ4v) is 1.83. The Labute approximate surface area is 96.6 Å².